The van der Waals surface area contributed by atoms with Gasteiger partial charge in [0.2, 0.25) is 0 Å². The molecular formula is C19H22O4. The van der Waals surface area contributed by atoms with E-state index in [-0.39, 0.29) is 17.3 Å². The largest absolute Gasteiger partial charge is 0.489 e. The standard InChI is InChI=1S/C19H22O4/c1-12(2)9-10-21-15-7-5-13-6-8-17(20)22-18(13)14(15)11-16-19(3,4)23-16/h5-9,16H,10-11H2,1-4H3/t16-/m1/s1. The van der Waals surface area contributed by atoms with Crippen molar-refractivity contribution in [1.29, 1.82) is 0 Å². The fourth-order valence-electron chi connectivity index (χ4n) is 2.60. The van der Waals surface area contributed by atoms with E-state index in [1.54, 1.807) is 6.07 Å². The van der Waals surface area contributed by atoms with Gasteiger partial charge >= 0.3 is 5.63 Å². The SMILES string of the molecule is CC(C)=CCOc1ccc2ccc(=O)oc2c1C[C@H]1OC1(C)C. The number of epoxide rings is 1. The molecule has 0 radical (unpaired) electrons. The van der Waals surface area contributed by atoms with Crippen molar-refractivity contribution >= 4 is 11.0 Å². The van der Waals surface area contributed by atoms with Gasteiger partial charge in [-0.1, -0.05) is 5.57 Å². The first-order valence-electron chi connectivity index (χ1n) is 7.86. The Balaban J connectivity index is 2.00. The molecule has 0 bridgehead atoms. The molecule has 0 aliphatic carbocycles. The molecule has 4 heteroatoms. The van der Waals surface area contributed by atoms with Gasteiger partial charge in [-0.2, -0.15) is 0 Å². The average molecular weight is 314 g/mol. The van der Waals surface area contributed by atoms with E-state index < -0.39 is 0 Å². The first kappa shape index (κ1) is 15.8. The van der Waals surface area contributed by atoms with Gasteiger partial charge in [-0.05, 0) is 52.0 Å². The van der Waals surface area contributed by atoms with Crippen molar-refractivity contribution in [2.45, 2.75) is 45.8 Å². The van der Waals surface area contributed by atoms with E-state index in [0.717, 1.165) is 16.7 Å². The molecular weight excluding hydrogens is 292 g/mol. The van der Waals surface area contributed by atoms with Crippen LogP contribution in [0.1, 0.15) is 33.3 Å². The molecule has 1 aliphatic heterocycles. The predicted octanol–water partition coefficient (Wildman–Crippen LogP) is 3.86. The number of fused-ring (bicyclic) bond motifs is 1. The molecule has 0 amide bonds. The van der Waals surface area contributed by atoms with Crippen LogP contribution in [-0.2, 0) is 11.2 Å². The fraction of sp³-hybridized carbons (Fsp3) is 0.421. The second-order valence-electron chi connectivity index (χ2n) is 6.72. The lowest BCUT2D eigenvalue weighted by molar-refractivity contribution is 0.320. The summed E-state index contributed by atoms with van der Waals surface area (Å²) in [6.07, 6.45) is 2.80. The lowest BCUT2D eigenvalue weighted by Crippen LogP contribution is -2.09. The maximum atomic E-state index is 11.6. The van der Waals surface area contributed by atoms with Crippen molar-refractivity contribution in [2.75, 3.05) is 6.61 Å². The third kappa shape index (κ3) is 3.48. The average Bonchev–Trinajstić information content (AvgIpc) is 3.07. The van der Waals surface area contributed by atoms with E-state index in [1.165, 1.54) is 11.6 Å². The normalized spacial score (nSPS) is 18.7. The Morgan fingerprint density at radius 2 is 1.96 bits per heavy atom. The Morgan fingerprint density at radius 1 is 1.26 bits per heavy atom. The van der Waals surface area contributed by atoms with Gasteiger partial charge < -0.3 is 13.9 Å². The summed E-state index contributed by atoms with van der Waals surface area (Å²) in [4.78, 5) is 11.6. The van der Waals surface area contributed by atoms with E-state index in [0.29, 0.717) is 18.6 Å². The molecule has 0 N–H and O–H groups in total. The van der Waals surface area contributed by atoms with Crippen molar-refractivity contribution in [3.8, 4) is 5.75 Å². The van der Waals surface area contributed by atoms with Gasteiger partial charge in [0.1, 0.15) is 17.9 Å². The van der Waals surface area contributed by atoms with Gasteiger partial charge in [0.25, 0.3) is 0 Å². The van der Waals surface area contributed by atoms with Crippen molar-refractivity contribution in [1.82, 2.24) is 0 Å². The molecule has 0 saturated carbocycles. The van der Waals surface area contributed by atoms with Crippen LogP contribution in [0.2, 0.25) is 0 Å². The van der Waals surface area contributed by atoms with Crippen LogP contribution in [-0.4, -0.2) is 18.3 Å². The Bertz CT molecular complexity index is 810. The summed E-state index contributed by atoms with van der Waals surface area (Å²) in [6.45, 7) is 8.67. The number of benzene rings is 1. The van der Waals surface area contributed by atoms with Crippen LogP contribution in [0.5, 0.6) is 5.75 Å². The molecule has 1 saturated heterocycles. The van der Waals surface area contributed by atoms with Gasteiger partial charge in [0.15, 0.2) is 0 Å². The van der Waals surface area contributed by atoms with Crippen LogP contribution in [0.3, 0.4) is 0 Å². The number of hydrogen-bond acceptors (Lipinski definition) is 4. The highest BCUT2D eigenvalue weighted by Crippen LogP contribution is 2.40. The van der Waals surface area contributed by atoms with Crippen LogP contribution < -0.4 is 10.4 Å². The minimum atomic E-state index is -0.351. The summed E-state index contributed by atoms with van der Waals surface area (Å²) in [5, 5.41) is 0.896. The molecule has 3 rings (SSSR count). The lowest BCUT2D eigenvalue weighted by atomic mass is 10.00. The molecule has 0 spiro atoms. The number of hydrogen-bond donors (Lipinski definition) is 0. The van der Waals surface area contributed by atoms with Gasteiger partial charge in [0.05, 0.1) is 11.7 Å². The lowest BCUT2D eigenvalue weighted by Gasteiger charge is -2.12. The van der Waals surface area contributed by atoms with Gasteiger partial charge in [-0.15, -0.1) is 0 Å². The van der Waals surface area contributed by atoms with Crippen molar-refractivity contribution < 1.29 is 13.9 Å². The van der Waals surface area contributed by atoms with Gasteiger partial charge in [0, 0.05) is 23.4 Å². The Hall–Kier alpha value is -2.07. The second-order valence-corrected chi connectivity index (χ2v) is 6.72. The monoisotopic (exact) mass is 314 g/mol. The highest BCUT2D eigenvalue weighted by atomic mass is 16.6. The number of ether oxygens (including phenoxy) is 2. The second kappa shape index (κ2) is 5.85. The highest BCUT2D eigenvalue weighted by Gasteiger charge is 2.48. The van der Waals surface area contributed by atoms with E-state index in [1.807, 2.05) is 32.1 Å². The van der Waals surface area contributed by atoms with Crippen LogP contribution in [0.15, 0.2) is 45.1 Å². The molecule has 1 aliphatic rings. The zero-order chi connectivity index (χ0) is 16.6. The molecule has 122 valence electrons. The third-order valence-electron chi connectivity index (χ3n) is 4.13. The highest BCUT2D eigenvalue weighted by molar-refractivity contribution is 5.82. The van der Waals surface area contributed by atoms with Crippen molar-refractivity contribution in [3.05, 3.63) is 51.9 Å². The van der Waals surface area contributed by atoms with Crippen LogP contribution in [0.4, 0.5) is 0 Å². The molecule has 2 heterocycles. The molecule has 0 unspecified atom stereocenters. The summed E-state index contributed by atoms with van der Waals surface area (Å²) in [7, 11) is 0. The zero-order valence-corrected chi connectivity index (χ0v) is 14.0. The maximum absolute atomic E-state index is 11.6. The van der Waals surface area contributed by atoms with E-state index >= 15 is 0 Å². The molecule has 1 atom stereocenters. The van der Waals surface area contributed by atoms with E-state index in [4.69, 9.17) is 13.9 Å². The molecule has 1 aromatic heterocycles. The van der Waals surface area contributed by atoms with Crippen LogP contribution in [0, 0.1) is 0 Å². The fourth-order valence-corrected chi connectivity index (χ4v) is 2.60. The van der Waals surface area contributed by atoms with E-state index in [9.17, 15) is 4.79 Å². The molecule has 2 aromatic rings. The quantitative estimate of drug-likeness (QED) is 0.478. The van der Waals surface area contributed by atoms with Crippen molar-refractivity contribution in [3.63, 3.8) is 0 Å². The summed E-state index contributed by atoms with van der Waals surface area (Å²) < 4.78 is 17.0. The van der Waals surface area contributed by atoms with Crippen molar-refractivity contribution in [2.24, 2.45) is 0 Å². The summed E-state index contributed by atoms with van der Waals surface area (Å²) in [5.41, 5.74) is 2.21. The number of allylic oxidation sites excluding steroid dienone is 1. The minimum absolute atomic E-state index is 0.115. The Labute approximate surface area is 135 Å². The summed E-state index contributed by atoms with van der Waals surface area (Å²) >= 11 is 0. The topological polar surface area (TPSA) is 52.0 Å². The number of rotatable bonds is 5. The van der Waals surface area contributed by atoms with Gasteiger partial charge in [-0.25, -0.2) is 4.79 Å². The van der Waals surface area contributed by atoms with E-state index in [2.05, 4.69) is 13.8 Å². The third-order valence-corrected chi connectivity index (χ3v) is 4.13. The molecule has 4 nitrogen and oxygen atoms in total. The first-order chi connectivity index (χ1) is 10.9. The summed E-state index contributed by atoms with van der Waals surface area (Å²) in [6, 6.07) is 7.07. The minimum Gasteiger partial charge on any atom is -0.489 e. The molecule has 23 heavy (non-hydrogen) atoms. The molecule has 1 aromatic carbocycles. The zero-order valence-electron chi connectivity index (χ0n) is 14.0. The molecule has 1 fully saturated rings. The van der Waals surface area contributed by atoms with Crippen LogP contribution >= 0.6 is 0 Å². The smallest absolute Gasteiger partial charge is 0.336 e. The first-order valence-corrected chi connectivity index (χ1v) is 7.86. The Morgan fingerprint density at radius 3 is 2.61 bits per heavy atom. The Kier molecular flexibility index (Phi) is 4.02. The summed E-state index contributed by atoms with van der Waals surface area (Å²) in [5.74, 6) is 0.746. The van der Waals surface area contributed by atoms with Crippen LogP contribution in [0.25, 0.3) is 11.0 Å². The predicted molar refractivity (Wildman–Crippen MR) is 90.1 cm³/mol. The maximum Gasteiger partial charge on any atom is 0.336 e. The van der Waals surface area contributed by atoms with Gasteiger partial charge in [-0.3, -0.25) is 0 Å².